The molecule has 1 saturated carbocycles. The third-order valence-electron chi connectivity index (χ3n) is 3.56. The highest BCUT2D eigenvalue weighted by molar-refractivity contribution is 5.27. The average molecular weight is 190 g/mol. The maximum Gasteiger partial charge on any atom is 0.0443 e. The lowest BCUT2D eigenvalue weighted by molar-refractivity contribution is 0.557. The smallest absolute Gasteiger partial charge is 0.0443 e. The molecule has 2 rings (SSSR count). The van der Waals surface area contributed by atoms with Crippen LogP contribution in [0.15, 0.2) is 18.3 Å². The highest BCUT2D eigenvalue weighted by Crippen LogP contribution is 2.63. The Hall–Kier alpha value is -0.890. The minimum atomic E-state index is 0.344. The summed E-state index contributed by atoms with van der Waals surface area (Å²) in [4.78, 5) is 4.48. The normalized spacial score (nSPS) is 28.9. The van der Waals surface area contributed by atoms with Gasteiger partial charge in [-0.3, -0.25) is 4.98 Å². The second-order valence-corrected chi connectivity index (χ2v) is 4.90. The van der Waals surface area contributed by atoms with Gasteiger partial charge in [-0.1, -0.05) is 19.9 Å². The van der Waals surface area contributed by atoms with Crippen LogP contribution in [-0.2, 0) is 0 Å². The first-order chi connectivity index (χ1) is 6.57. The van der Waals surface area contributed by atoms with E-state index in [2.05, 4.69) is 37.9 Å². The zero-order chi connectivity index (χ0) is 10.3. The number of hydrogen-bond acceptors (Lipinski definition) is 2. The molecule has 2 heteroatoms. The van der Waals surface area contributed by atoms with E-state index in [0.29, 0.717) is 17.3 Å². The molecule has 2 nitrogen and oxygen atoms in total. The van der Waals surface area contributed by atoms with Crippen molar-refractivity contribution in [2.24, 2.45) is 17.1 Å². The molecule has 14 heavy (non-hydrogen) atoms. The first-order valence-corrected chi connectivity index (χ1v) is 5.20. The molecule has 0 radical (unpaired) electrons. The van der Waals surface area contributed by atoms with Gasteiger partial charge in [-0.05, 0) is 36.4 Å². The van der Waals surface area contributed by atoms with Crippen molar-refractivity contribution >= 4 is 0 Å². The van der Waals surface area contributed by atoms with Crippen molar-refractivity contribution in [3.63, 3.8) is 0 Å². The summed E-state index contributed by atoms with van der Waals surface area (Å²) < 4.78 is 0. The molecule has 0 spiro atoms. The molecule has 0 aromatic carbocycles. The standard InChI is InChI=1S/C12H18N2/c1-8-4-5-10(14-7-8)11-9(6-13)12(11,2)3/h4-5,7,9,11H,6,13H2,1-3H3/t9-,11+/m0/s1. The van der Waals surface area contributed by atoms with Crippen LogP contribution in [0, 0.1) is 18.3 Å². The van der Waals surface area contributed by atoms with E-state index in [1.54, 1.807) is 0 Å². The molecule has 0 aliphatic heterocycles. The summed E-state index contributed by atoms with van der Waals surface area (Å²) in [5.74, 6) is 1.17. The number of aromatic nitrogens is 1. The second kappa shape index (κ2) is 3.06. The fourth-order valence-corrected chi connectivity index (χ4v) is 2.43. The largest absolute Gasteiger partial charge is 0.330 e. The summed E-state index contributed by atoms with van der Waals surface area (Å²) >= 11 is 0. The Morgan fingerprint density at radius 2 is 2.14 bits per heavy atom. The molecule has 0 bridgehead atoms. The molecule has 76 valence electrons. The number of hydrogen-bond donors (Lipinski definition) is 1. The van der Waals surface area contributed by atoms with Crippen LogP contribution in [0.2, 0.25) is 0 Å². The van der Waals surface area contributed by atoms with Crippen LogP contribution >= 0.6 is 0 Å². The van der Waals surface area contributed by atoms with E-state index < -0.39 is 0 Å². The van der Waals surface area contributed by atoms with Gasteiger partial charge in [0.05, 0.1) is 0 Å². The van der Waals surface area contributed by atoms with Gasteiger partial charge in [0.1, 0.15) is 0 Å². The maximum atomic E-state index is 5.74. The van der Waals surface area contributed by atoms with Crippen molar-refractivity contribution in [1.82, 2.24) is 4.98 Å². The van der Waals surface area contributed by atoms with Gasteiger partial charge >= 0.3 is 0 Å². The van der Waals surface area contributed by atoms with Crippen molar-refractivity contribution in [1.29, 1.82) is 0 Å². The molecule has 1 heterocycles. The number of nitrogens with zero attached hydrogens (tertiary/aromatic N) is 1. The second-order valence-electron chi connectivity index (χ2n) is 4.90. The molecule has 1 aliphatic carbocycles. The topological polar surface area (TPSA) is 38.9 Å². The lowest BCUT2D eigenvalue weighted by Crippen LogP contribution is -2.05. The molecule has 1 aromatic heterocycles. The molecule has 2 atom stereocenters. The highest BCUT2D eigenvalue weighted by Gasteiger charge is 2.57. The first kappa shape index (κ1) is 9.66. The van der Waals surface area contributed by atoms with Crippen molar-refractivity contribution in [3.05, 3.63) is 29.6 Å². The van der Waals surface area contributed by atoms with Crippen molar-refractivity contribution in [2.75, 3.05) is 6.54 Å². The number of aryl methyl sites for hydroxylation is 1. The van der Waals surface area contributed by atoms with Crippen molar-refractivity contribution in [2.45, 2.75) is 26.7 Å². The first-order valence-electron chi connectivity index (χ1n) is 5.20. The van der Waals surface area contributed by atoms with Gasteiger partial charge in [-0.2, -0.15) is 0 Å². The molecular weight excluding hydrogens is 172 g/mol. The van der Waals surface area contributed by atoms with Gasteiger partial charge in [0.2, 0.25) is 0 Å². The van der Waals surface area contributed by atoms with Crippen LogP contribution in [0.3, 0.4) is 0 Å². The van der Waals surface area contributed by atoms with Gasteiger partial charge in [-0.15, -0.1) is 0 Å². The molecule has 2 N–H and O–H groups in total. The van der Waals surface area contributed by atoms with E-state index >= 15 is 0 Å². The van der Waals surface area contributed by atoms with E-state index in [-0.39, 0.29) is 0 Å². The molecule has 0 saturated heterocycles. The lowest BCUT2D eigenvalue weighted by Gasteiger charge is -2.02. The summed E-state index contributed by atoms with van der Waals surface area (Å²) in [6.45, 7) is 7.38. The number of pyridine rings is 1. The lowest BCUT2D eigenvalue weighted by atomic mass is 10.1. The highest BCUT2D eigenvalue weighted by atomic mass is 14.8. The molecule has 1 aromatic rings. The van der Waals surface area contributed by atoms with Gasteiger partial charge in [0.15, 0.2) is 0 Å². The van der Waals surface area contributed by atoms with Crippen LogP contribution < -0.4 is 5.73 Å². The van der Waals surface area contributed by atoms with E-state index in [1.807, 2.05) is 6.20 Å². The zero-order valence-corrected chi connectivity index (χ0v) is 9.12. The predicted molar refractivity (Wildman–Crippen MR) is 58.0 cm³/mol. The summed E-state index contributed by atoms with van der Waals surface area (Å²) in [6.07, 6.45) is 1.94. The van der Waals surface area contributed by atoms with Crippen molar-refractivity contribution in [3.8, 4) is 0 Å². The Kier molecular flexibility index (Phi) is 2.11. The Morgan fingerprint density at radius 3 is 2.57 bits per heavy atom. The summed E-state index contributed by atoms with van der Waals surface area (Å²) in [7, 11) is 0. The van der Waals surface area contributed by atoms with E-state index in [4.69, 9.17) is 5.73 Å². The maximum absolute atomic E-state index is 5.74. The fraction of sp³-hybridized carbons (Fsp3) is 0.583. The Bertz CT molecular complexity index is 327. The van der Waals surface area contributed by atoms with Crippen LogP contribution in [-0.4, -0.2) is 11.5 Å². The Labute approximate surface area is 85.5 Å². The van der Waals surface area contributed by atoms with Gasteiger partial charge in [0, 0.05) is 17.8 Å². The van der Waals surface area contributed by atoms with E-state index in [9.17, 15) is 0 Å². The number of rotatable bonds is 2. The van der Waals surface area contributed by atoms with E-state index in [1.165, 1.54) is 11.3 Å². The molecule has 0 unspecified atom stereocenters. The SMILES string of the molecule is Cc1ccc([C@H]2[C@H](CN)C2(C)C)nc1. The molecule has 0 amide bonds. The average Bonchev–Trinajstić information content (AvgIpc) is 2.69. The fourth-order valence-electron chi connectivity index (χ4n) is 2.43. The van der Waals surface area contributed by atoms with E-state index in [0.717, 1.165) is 6.54 Å². The molecular formula is C12H18N2. The summed E-state index contributed by atoms with van der Waals surface area (Å²) in [5, 5.41) is 0. The van der Waals surface area contributed by atoms with Crippen LogP contribution in [0.25, 0.3) is 0 Å². The monoisotopic (exact) mass is 190 g/mol. The van der Waals surface area contributed by atoms with Crippen LogP contribution in [0.4, 0.5) is 0 Å². The minimum absolute atomic E-state index is 0.344. The minimum Gasteiger partial charge on any atom is -0.330 e. The quantitative estimate of drug-likeness (QED) is 0.775. The third kappa shape index (κ3) is 1.34. The number of nitrogens with two attached hydrogens (primary N) is 1. The van der Waals surface area contributed by atoms with Crippen molar-refractivity contribution < 1.29 is 0 Å². The molecule has 1 fully saturated rings. The zero-order valence-electron chi connectivity index (χ0n) is 9.12. The third-order valence-corrected chi connectivity index (χ3v) is 3.56. The van der Waals surface area contributed by atoms with Gasteiger partial charge in [0.25, 0.3) is 0 Å². The molecule has 1 aliphatic rings. The van der Waals surface area contributed by atoms with Gasteiger partial charge < -0.3 is 5.73 Å². The summed E-state index contributed by atoms with van der Waals surface area (Å²) in [6, 6.07) is 4.27. The van der Waals surface area contributed by atoms with Crippen LogP contribution in [0.5, 0.6) is 0 Å². The predicted octanol–water partition coefficient (Wildman–Crippen LogP) is 2.09. The van der Waals surface area contributed by atoms with Crippen LogP contribution in [0.1, 0.15) is 31.0 Å². The summed E-state index contributed by atoms with van der Waals surface area (Å²) in [5.41, 5.74) is 8.51. The Morgan fingerprint density at radius 1 is 1.43 bits per heavy atom. The Balaban J connectivity index is 2.22. The van der Waals surface area contributed by atoms with Gasteiger partial charge in [-0.25, -0.2) is 0 Å².